The van der Waals surface area contributed by atoms with Crippen molar-refractivity contribution < 1.29 is 9.90 Å². The molecule has 0 aliphatic carbocycles. The summed E-state index contributed by atoms with van der Waals surface area (Å²) in [5.41, 5.74) is 2.40. The van der Waals surface area contributed by atoms with E-state index in [-0.39, 0.29) is 23.2 Å². The van der Waals surface area contributed by atoms with E-state index in [1.807, 2.05) is 29.1 Å². The van der Waals surface area contributed by atoms with Crippen LogP contribution in [0.15, 0.2) is 28.5 Å². The highest BCUT2D eigenvalue weighted by Crippen LogP contribution is 2.39. The molecule has 1 heterocycles. The topological polar surface area (TPSA) is 59.5 Å². The van der Waals surface area contributed by atoms with Gasteiger partial charge in [0.15, 0.2) is 5.78 Å². The number of nitrogens with zero attached hydrogens (tertiary/aromatic N) is 3. The Morgan fingerprint density at radius 3 is 1.97 bits per heavy atom. The second-order valence-corrected chi connectivity index (χ2v) is 11.5. The first-order valence-electron chi connectivity index (χ1n) is 12.1. The number of aromatic nitrogens is 2. The lowest BCUT2D eigenvalue weighted by molar-refractivity contribution is 0.0970. The first-order chi connectivity index (χ1) is 15.3. The van der Waals surface area contributed by atoms with Crippen molar-refractivity contribution in [1.82, 2.24) is 9.13 Å². The Bertz CT molecular complexity index is 980. The molecule has 0 amide bonds. The molecule has 6 heteroatoms. The van der Waals surface area contributed by atoms with Gasteiger partial charge in [0.1, 0.15) is 5.75 Å². The van der Waals surface area contributed by atoms with Crippen LogP contribution in [0.5, 0.6) is 5.75 Å². The van der Waals surface area contributed by atoms with Gasteiger partial charge in [-0.1, -0.05) is 68.2 Å². The van der Waals surface area contributed by atoms with E-state index in [2.05, 4.69) is 80.1 Å². The summed E-state index contributed by atoms with van der Waals surface area (Å²) in [5.74, 6) is 1.06. The highest BCUT2D eigenvalue weighted by atomic mass is 79.9. The van der Waals surface area contributed by atoms with Crippen molar-refractivity contribution in [2.24, 2.45) is 9.94 Å². The van der Waals surface area contributed by atoms with Gasteiger partial charge in [-0.15, -0.1) is 0 Å². The summed E-state index contributed by atoms with van der Waals surface area (Å²) in [6.07, 6.45) is 8.64. The average Bonchev–Trinajstić information content (AvgIpc) is 3.10. The Hall–Kier alpha value is -1.82. The number of carbonyl (C=O) groups is 1. The van der Waals surface area contributed by atoms with E-state index in [0.29, 0.717) is 11.3 Å². The number of phenolic OH excluding ortho intramolecular Hbond substituents is 1. The van der Waals surface area contributed by atoms with Gasteiger partial charge in [-0.2, -0.15) is 4.02 Å². The maximum Gasteiger partial charge on any atom is 0.217 e. The number of aryl methyl sites for hydroxylation is 1. The summed E-state index contributed by atoms with van der Waals surface area (Å²) in [7, 11) is 0. The first kappa shape index (κ1) is 27.4. The fourth-order valence-corrected chi connectivity index (χ4v) is 4.69. The van der Waals surface area contributed by atoms with Gasteiger partial charge in [-0.05, 0) is 41.7 Å². The van der Waals surface area contributed by atoms with Crippen molar-refractivity contribution in [3.05, 3.63) is 46.8 Å². The third-order valence-electron chi connectivity index (χ3n) is 6.54. The lowest BCUT2D eigenvalue weighted by Gasteiger charge is -2.28. The van der Waals surface area contributed by atoms with Crippen LogP contribution in [0.3, 0.4) is 0 Å². The number of rotatable bonds is 9. The van der Waals surface area contributed by atoms with Crippen molar-refractivity contribution in [2.45, 2.75) is 105 Å². The summed E-state index contributed by atoms with van der Waals surface area (Å²) in [6.45, 7) is 17.9. The molecule has 0 radical (unpaired) electrons. The summed E-state index contributed by atoms with van der Waals surface area (Å²) in [6, 6.07) is 3.70. The summed E-state index contributed by atoms with van der Waals surface area (Å²) < 4.78 is 8.27. The van der Waals surface area contributed by atoms with Crippen molar-refractivity contribution in [3.63, 3.8) is 0 Å². The standard InChI is InChI=1S/C27H42BrN3O2/c1-9-19(10-2)12-11-13-30-14-15-31(25(30)29-28)18-23(32)20-16-21(26(3,4)5)24(33)22(17-20)27(6,7)8/h14-17,19,33H,9-13,18H2,1-8H3/b29-25-. The van der Waals surface area contributed by atoms with E-state index in [1.54, 1.807) is 0 Å². The fraction of sp³-hybridized carbons (Fsp3) is 0.630. The zero-order valence-electron chi connectivity index (χ0n) is 21.7. The van der Waals surface area contributed by atoms with E-state index in [1.165, 1.54) is 19.3 Å². The van der Waals surface area contributed by atoms with Gasteiger partial charge in [0.2, 0.25) is 5.62 Å². The minimum Gasteiger partial charge on any atom is -0.507 e. The van der Waals surface area contributed by atoms with Gasteiger partial charge in [-0.25, -0.2) is 0 Å². The van der Waals surface area contributed by atoms with Gasteiger partial charge >= 0.3 is 0 Å². The average molecular weight is 521 g/mol. The highest BCUT2D eigenvalue weighted by Gasteiger charge is 2.28. The molecule has 2 aromatic rings. The molecule has 0 saturated carbocycles. The predicted molar refractivity (Wildman–Crippen MR) is 140 cm³/mol. The molecule has 0 spiro atoms. The van der Waals surface area contributed by atoms with E-state index < -0.39 is 0 Å². The van der Waals surface area contributed by atoms with Crippen LogP contribution in [0.1, 0.15) is 103 Å². The summed E-state index contributed by atoms with van der Waals surface area (Å²) in [4.78, 5) is 13.4. The number of aromatic hydroxyl groups is 1. The molecule has 1 aromatic carbocycles. The molecular weight excluding hydrogens is 478 g/mol. The first-order valence-corrected chi connectivity index (χ1v) is 12.9. The molecule has 0 saturated heterocycles. The number of halogens is 1. The van der Waals surface area contributed by atoms with E-state index in [0.717, 1.165) is 35.6 Å². The molecule has 0 aliphatic heterocycles. The molecule has 0 fully saturated rings. The van der Waals surface area contributed by atoms with Crippen LogP contribution in [0, 0.1) is 5.92 Å². The number of Topliss-reactive ketones (excluding diaryl/α,β-unsaturated/α-hetero) is 1. The van der Waals surface area contributed by atoms with E-state index in [9.17, 15) is 9.90 Å². The van der Waals surface area contributed by atoms with Crippen molar-refractivity contribution in [3.8, 4) is 5.75 Å². The molecule has 0 aliphatic rings. The van der Waals surface area contributed by atoms with E-state index in [4.69, 9.17) is 0 Å². The van der Waals surface area contributed by atoms with Crippen LogP contribution in [-0.4, -0.2) is 20.0 Å². The van der Waals surface area contributed by atoms with Crippen molar-refractivity contribution in [1.29, 1.82) is 0 Å². The molecule has 1 N–H and O–H groups in total. The molecule has 2 rings (SSSR count). The Balaban J connectivity index is 2.33. The molecule has 0 atom stereocenters. The number of ketones is 1. The number of phenols is 1. The van der Waals surface area contributed by atoms with Crippen molar-refractivity contribution >= 4 is 21.9 Å². The third kappa shape index (κ3) is 6.84. The molecular formula is C27H42BrN3O2. The SMILES string of the molecule is CCC(CC)CCCn1ccn(CC(=O)c2cc(C(C)(C)C)c(O)c(C(C)(C)C)c2)/c1=N\Br. The smallest absolute Gasteiger partial charge is 0.217 e. The quantitative estimate of drug-likeness (QED) is 0.366. The Kier molecular flexibility index (Phi) is 9.20. The van der Waals surface area contributed by atoms with Crippen LogP contribution >= 0.6 is 16.1 Å². The largest absolute Gasteiger partial charge is 0.507 e. The van der Waals surface area contributed by atoms with Gasteiger partial charge < -0.3 is 14.2 Å². The fourth-order valence-electron chi connectivity index (χ4n) is 4.29. The number of hydrogen-bond acceptors (Lipinski definition) is 3. The molecule has 184 valence electrons. The normalized spacial score (nSPS) is 13.2. The van der Waals surface area contributed by atoms with Crippen LogP contribution in [0.4, 0.5) is 0 Å². The Morgan fingerprint density at radius 1 is 1.00 bits per heavy atom. The monoisotopic (exact) mass is 519 g/mol. The molecule has 0 bridgehead atoms. The number of imidazole rings is 1. The molecule has 33 heavy (non-hydrogen) atoms. The lowest BCUT2D eigenvalue weighted by Crippen LogP contribution is -2.28. The van der Waals surface area contributed by atoms with Crippen LogP contribution in [0.25, 0.3) is 0 Å². The van der Waals surface area contributed by atoms with Gasteiger partial charge in [0.25, 0.3) is 0 Å². The van der Waals surface area contributed by atoms with Gasteiger partial charge in [0.05, 0.1) is 22.7 Å². The number of carbonyl (C=O) groups excluding carboxylic acids is 1. The molecule has 5 nitrogen and oxygen atoms in total. The zero-order chi connectivity index (χ0) is 25.0. The Labute approximate surface area is 208 Å². The predicted octanol–water partition coefficient (Wildman–Crippen LogP) is 6.90. The number of hydrogen-bond donors (Lipinski definition) is 1. The van der Waals surface area contributed by atoms with Crippen LogP contribution < -0.4 is 5.62 Å². The summed E-state index contributed by atoms with van der Waals surface area (Å²) >= 11 is 3.26. The van der Waals surface area contributed by atoms with Gasteiger partial charge in [-0.3, -0.25) is 4.79 Å². The van der Waals surface area contributed by atoms with Crippen LogP contribution in [0.2, 0.25) is 0 Å². The second kappa shape index (κ2) is 11.1. The zero-order valence-corrected chi connectivity index (χ0v) is 23.3. The molecule has 1 aromatic heterocycles. The number of benzene rings is 1. The summed E-state index contributed by atoms with van der Waals surface area (Å²) in [5, 5.41) is 11.0. The lowest BCUT2D eigenvalue weighted by atomic mass is 9.78. The second-order valence-electron chi connectivity index (χ2n) is 11.2. The maximum atomic E-state index is 13.4. The molecule has 0 unspecified atom stereocenters. The highest BCUT2D eigenvalue weighted by molar-refractivity contribution is 9.08. The Morgan fingerprint density at radius 2 is 1.52 bits per heavy atom. The van der Waals surface area contributed by atoms with Gasteiger partial charge in [0, 0.05) is 35.6 Å². The van der Waals surface area contributed by atoms with Crippen molar-refractivity contribution in [2.75, 3.05) is 0 Å². The maximum absolute atomic E-state index is 13.4. The van der Waals surface area contributed by atoms with E-state index >= 15 is 0 Å². The minimum absolute atomic E-state index is 0.00294. The minimum atomic E-state index is -0.276. The third-order valence-corrected chi connectivity index (χ3v) is 6.86. The van der Waals surface area contributed by atoms with Crippen LogP contribution in [-0.2, 0) is 23.9 Å².